The average molecular weight is 342 g/mol. The van der Waals surface area contributed by atoms with E-state index in [0.717, 1.165) is 5.75 Å². The van der Waals surface area contributed by atoms with E-state index in [-0.39, 0.29) is 17.1 Å². The average Bonchev–Trinajstić information content (AvgIpc) is 2.64. The van der Waals surface area contributed by atoms with Crippen LogP contribution in [0.25, 0.3) is 0 Å². The fraction of sp³-hybridized carbons (Fsp3) is 0.263. The monoisotopic (exact) mass is 342 g/mol. The molecule has 0 radical (unpaired) electrons. The predicted molar refractivity (Wildman–Crippen MR) is 99.0 cm³/mol. The summed E-state index contributed by atoms with van der Waals surface area (Å²) in [5.74, 6) is 0.668. The van der Waals surface area contributed by atoms with Crippen LogP contribution >= 0.6 is 11.8 Å². The first-order valence-electron chi connectivity index (χ1n) is 7.93. The van der Waals surface area contributed by atoms with Crippen molar-refractivity contribution in [1.29, 1.82) is 0 Å². The standard InChI is InChI=1S/C19H22N2O2S/c1-15(24-14-16-8-4-2-5-9-16)18(22)20-12-13-21-19(23)17-10-6-3-7-11-17/h2-11,15H,12-14H2,1H3,(H,20,22)(H,21,23)/t15-/m1/s1. The molecular weight excluding hydrogens is 320 g/mol. The van der Waals surface area contributed by atoms with E-state index >= 15 is 0 Å². The quantitative estimate of drug-likeness (QED) is 0.725. The number of amides is 2. The maximum atomic E-state index is 12.0. The fourth-order valence-corrected chi connectivity index (χ4v) is 2.94. The van der Waals surface area contributed by atoms with Crippen LogP contribution in [0.4, 0.5) is 0 Å². The summed E-state index contributed by atoms with van der Waals surface area (Å²) >= 11 is 1.60. The molecule has 2 amide bonds. The molecule has 0 spiro atoms. The molecule has 0 fully saturated rings. The van der Waals surface area contributed by atoms with Crippen LogP contribution in [0, 0.1) is 0 Å². The summed E-state index contributed by atoms with van der Waals surface area (Å²) in [6, 6.07) is 19.1. The van der Waals surface area contributed by atoms with Gasteiger partial charge in [0.15, 0.2) is 0 Å². The molecule has 1 atom stereocenters. The van der Waals surface area contributed by atoms with Gasteiger partial charge in [0.1, 0.15) is 0 Å². The Morgan fingerprint density at radius 1 is 0.917 bits per heavy atom. The Bertz CT molecular complexity index is 647. The summed E-state index contributed by atoms with van der Waals surface area (Å²) in [4.78, 5) is 23.9. The van der Waals surface area contributed by atoms with Gasteiger partial charge in [0.25, 0.3) is 5.91 Å². The van der Waals surface area contributed by atoms with Gasteiger partial charge in [0, 0.05) is 24.4 Å². The van der Waals surface area contributed by atoms with Gasteiger partial charge in [-0.15, -0.1) is 11.8 Å². The molecule has 5 heteroatoms. The van der Waals surface area contributed by atoms with Crippen molar-refractivity contribution in [2.45, 2.75) is 17.9 Å². The minimum Gasteiger partial charge on any atom is -0.353 e. The third kappa shape index (κ3) is 6.08. The van der Waals surface area contributed by atoms with E-state index in [0.29, 0.717) is 18.7 Å². The molecule has 2 N–H and O–H groups in total. The van der Waals surface area contributed by atoms with E-state index in [1.54, 1.807) is 23.9 Å². The van der Waals surface area contributed by atoms with Gasteiger partial charge in [0.05, 0.1) is 5.25 Å². The van der Waals surface area contributed by atoms with Crippen LogP contribution in [0.3, 0.4) is 0 Å². The first-order chi connectivity index (χ1) is 11.7. The number of hydrogen-bond donors (Lipinski definition) is 2. The van der Waals surface area contributed by atoms with Gasteiger partial charge in [-0.05, 0) is 24.6 Å². The van der Waals surface area contributed by atoms with Gasteiger partial charge in [-0.25, -0.2) is 0 Å². The molecule has 0 saturated heterocycles. The van der Waals surface area contributed by atoms with Crippen molar-refractivity contribution in [3.8, 4) is 0 Å². The van der Waals surface area contributed by atoms with E-state index in [9.17, 15) is 9.59 Å². The lowest BCUT2D eigenvalue weighted by Gasteiger charge is -2.12. The van der Waals surface area contributed by atoms with E-state index in [2.05, 4.69) is 22.8 Å². The van der Waals surface area contributed by atoms with Gasteiger partial charge in [-0.1, -0.05) is 48.5 Å². The number of nitrogens with one attached hydrogen (secondary N) is 2. The normalized spacial score (nSPS) is 11.5. The SMILES string of the molecule is C[C@@H](SCc1ccccc1)C(=O)NCCNC(=O)c1ccccc1. The summed E-state index contributed by atoms with van der Waals surface area (Å²) < 4.78 is 0. The number of carbonyl (C=O) groups is 2. The van der Waals surface area contributed by atoms with Gasteiger partial charge >= 0.3 is 0 Å². The molecular formula is C19H22N2O2S. The van der Waals surface area contributed by atoms with Gasteiger partial charge in [-0.3, -0.25) is 9.59 Å². The molecule has 0 bridgehead atoms. The van der Waals surface area contributed by atoms with Crippen LogP contribution in [0.2, 0.25) is 0 Å². The van der Waals surface area contributed by atoms with Crippen molar-refractivity contribution in [3.63, 3.8) is 0 Å². The molecule has 2 aromatic rings. The highest BCUT2D eigenvalue weighted by atomic mass is 32.2. The van der Waals surface area contributed by atoms with E-state index in [1.165, 1.54) is 5.56 Å². The van der Waals surface area contributed by atoms with E-state index in [4.69, 9.17) is 0 Å². The highest BCUT2D eigenvalue weighted by molar-refractivity contribution is 7.99. The molecule has 0 aliphatic carbocycles. The molecule has 0 aromatic heterocycles. The van der Waals surface area contributed by atoms with Crippen LogP contribution in [0.1, 0.15) is 22.8 Å². The summed E-state index contributed by atoms with van der Waals surface area (Å²) in [5, 5.41) is 5.51. The van der Waals surface area contributed by atoms with Crippen molar-refractivity contribution in [2.24, 2.45) is 0 Å². The van der Waals surface area contributed by atoms with Crippen LogP contribution in [0.15, 0.2) is 60.7 Å². The molecule has 0 aliphatic rings. The van der Waals surface area contributed by atoms with Crippen molar-refractivity contribution >= 4 is 23.6 Å². The molecule has 4 nitrogen and oxygen atoms in total. The third-order valence-corrected chi connectivity index (χ3v) is 4.67. The smallest absolute Gasteiger partial charge is 0.251 e. The maximum absolute atomic E-state index is 12.0. The maximum Gasteiger partial charge on any atom is 0.251 e. The Kier molecular flexibility index (Phi) is 7.36. The Morgan fingerprint density at radius 2 is 1.50 bits per heavy atom. The van der Waals surface area contributed by atoms with Crippen LogP contribution < -0.4 is 10.6 Å². The summed E-state index contributed by atoms with van der Waals surface area (Å²) in [6.07, 6.45) is 0. The van der Waals surface area contributed by atoms with Gasteiger partial charge in [-0.2, -0.15) is 0 Å². The molecule has 0 aliphatic heterocycles. The molecule has 2 rings (SSSR count). The summed E-state index contributed by atoms with van der Waals surface area (Å²) in [5.41, 5.74) is 1.83. The topological polar surface area (TPSA) is 58.2 Å². The van der Waals surface area contributed by atoms with Crippen LogP contribution in [0.5, 0.6) is 0 Å². The molecule has 0 heterocycles. The first kappa shape index (κ1) is 18.1. The molecule has 0 saturated carbocycles. The van der Waals surface area contributed by atoms with E-state index in [1.807, 2.05) is 43.3 Å². The number of thioether (sulfide) groups is 1. The second-order valence-corrected chi connectivity index (χ2v) is 6.68. The number of benzene rings is 2. The van der Waals surface area contributed by atoms with E-state index < -0.39 is 0 Å². The molecule has 126 valence electrons. The second-order valence-electron chi connectivity index (χ2n) is 5.35. The van der Waals surface area contributed by atoms with Crippen molar-refractivity contribution in [2.75, 3.05) is 13.1 Å². The zero-order valence-electron chi connectivity index (χ0n) is 13.7. The lowest BCUT2D eigenvalue weighted by Crippen LogP contribution is -2.37. The van der Waals surface area contributed by atoms with Crippen molar-refractivity contribution < 1.29 is 9.59 Å². The fourth-order valence-electron chi connectivity index (χ4n) is 2.07. The third-order valence-electron chi connectivity index (χ3n) is 3.46. The second kappa shape index (κ2) is 9.78. The zero-order valence-corrected chi connectivity index (χ0v) is 14.5. The highest BCUT2D eigenvalue weighted by Crippen LogP contribution is 2.17. The Balaban J connectivity index is 1.63. The molecule has 0 unspecified atom stereocenters. The lowest BCUT2D eigenvalue weighted by molar-refractivity contribution is -0.120. The molecule has 2 aromatic carbocycles. The Morgan fingerprint density at radius 3 is 2.17 bits per heavy atom. The predicted octanol–water partition coefficient (Wildman–Crippen LogP) is 2.85. The largest absolute Gasteiger partial charge is 0.353 e. The first-order valence-corrected chi connectivity index (χ1v) is 8.98. The number of rotatable bonds is 8. The zero-order chi connectivity index (χ0) is 17.2. The van der Waals surface area contributed by atoms with Crippen molar-refractivity contribution in [3.05, 3.63) is 71.8 Å². The van der Waals surface area contributed by atoms with Gasteiger partial charge < -0.3 is 10.6 Å². The van der Waals surface area contributed by atoms with Crippen molar-refractivity contribution in [1.82, 2.24) is 10.6 Å². The minimum absolute atomic E-state index is 0.00936. The van der Waals surface area contributed by atoms with Crippen LogP contribution in [-0.2, 0) is 10.5 Å². The Hall–Kier alpha value is -2.27. The number of carbonyl (C=O) groups excluding carboxylic acids is 2. The molecule has 24 heavy (non-hydrogen) atoms. The summed E-state index contributed by atoms with van der Waals surface area (Å²) in [7, 11) is 0. The highest BCUT2D eigenvalue weighted by Gasteiger charge is 2.13. The summed E-state index contributed by atoms with van der Waals surface area (Å²) in [6.45, 7) is 2.73. The van der Waals surface area contributed by atoms with Gasteiger partial charge in [0.2, 0.25) is 5.91 Å². The Labute approximate surface area is 147 Å². The minimum atomic E-state index is -0.130. The number of hydrogen-bond acceptors (Lipinski definition) is 3. The lowest BCUT2D eigenvalue weighted by atomic mass is 10.2. The van der Waals surface area contributed by atoms with Crippen LogP contribution in [-0.4, -0.2) is 30.2 Å².